The Balaban J connectivity index is 1.50. The monoisotopic (exact) mass is 321 g/mol. The van der Waals surface area contributed by atoms with Gasteiger partial charge in [-0.25, -0.2) is 4.79 Å². The molecule has 120 valence electrons. The smallest absolute Gasteiger partial charge is 0.315 e. The lowest BCUT2D eigenvalue weighted by Gasteiger charge is -2.12. The number of likely N-dealkylation sites (N-methyl/N-ethyl adjacent to an activating group) is 1. The predicted molar refractivity (Wildman–Crippen MR) is 87.0 cm³/mol. The molecule has 1 atom stereocenters. The number of carbonyl (C=O) groups excluding carboxylic acids is 2. The Kier molecular flexibility index (Phi) is 4.66. The molecule has 0 saturated carbocycles. The van der Waals surface area contributed by atoms with Crippen LogP contribution in [-0.4, -0.2) is 36.5 Å². The maximum atomic E-state index is 11.9. The first-order valence-electron chi connectivity index (χ1n) is 8.03. The molecule has 2 N–H and O–H groups in total. The number of carbonyl (C=O) groups is 2. The minimum Gasteiger partial charge on any atom is -0.344 e. The zero-order valence-corrected chi connectivity index (χ0v) is 13.8. The van der Waals surface area contributed by atoms with Gasteiger partial charge in [-0.1, -0.05) is 6.42 Å². The Bertz CT molecular complexity index is 546. The summed E-state index contributed by atoms with van der Waals surface area (Å²) in [5.41, 5.74) is 1.47. The molecule has 2 aliphatic rings. The number of thiophene rings is 1. The third kappa shape index (κ3) is 3.43. The number of nitrogens with one attached hydrogen (secondary N) is 2. The van der Waals surface area contributed by atoms with E-state index in [-0.39, 0.29) is 18.0 Å². The van der Waals surface area contributed by atoms with Crippen LogP contribution in [-0.2, 0) is 24.2 Å². The van der Waals surface area contributed by atoms with E-state index in [2.05, 4.69) is 16.7 Å². The maximum absolute atomic E-state index is 11.9. The average Bonchev–Trinajstić information content (AvgIpc) is 2.95. The van der Waals surface area contributed by atoms with E-state index < -0.39 is 0 Å². The molecule has 3 amide bonds. The van der Waals surface area contributed by atoms with E-state index in [1.54, 1.807) is 11.9 Å². The first-order valence-corrected chi connectivity index (χ1v) is 8.85. The zero-order chi connectivity index (χ0) is 15.5. The van der Waals surface area contributed by atoms with Crippen molar-refractivity contribution < 1.29 is 9.59 Å². The number of hydrogen-bond acceptors (Lipinski definition) is 3. The minimum absolute atomic E-state index is 0.00186. The van der Waals surface area contributed by atoms with Crippen LogP contribution in [0.5, 0.6) is 0 Å². The topological polar surface area (TPSA) is 61.4 Å². The molecule has 0 radical (unpaired) electrons. The highest BCUT2D eigenvalue weighted by atomic mass is 32.1. The van der Waals surface area contributed by atoms with Crippen LogP contribution in [0.2, 0.25) is 0 Å². The van der Waals surface area contributed by atoms with E-state index in [0.29, 0.717) is 19.5 Å². The summed E-state index contributed by atoms with van der Waals surface area (Å²) in [6.07, 6.45) is 6.90. The summed E-state index contributed by atoms with van der Waals surface area (Å²) in [4.78, 5) is 28.0. The molecule has 1 aliphatic heterocycles. The second-order valence-electron chi connectivity index (χ2n) is 6.15. The van der Waals surface area contributed by atoms with Crippen LogP contribution in [0.4, 0.5) is 4.79 Å². The van der Waals surface area contributed by atoms with Crippen molar-refractivity contribution in [3.05, 3.63) is 21.4 Å². The van der Waals surface area contributed by atoms with Gasteiger partial charge in [0.25, 0.3) is 0 Å². The highest BCUT2D eigenvalue weighted by molar-refractivity contribution is 7.12. The molecule has 0 unspecified atom stereocenters. The van der Waals surface area contributed by atoms with Crippen LogP contribution in [0.25, 0.3) is 0 Å². The molecule has 3 rings (SSSR count). The van der Waals surface area contributed by atoms with Gasteiger partial charge in [0.1, 0.15) is 6.04 Å². The van der Waals surface area contributed by atoms with Crippen molar-refractivity contribution in [2.75, 3.05) is 13.6 Å². The van der Waals surface area contributed by atoms with Gasteiger partial charge in [-0.15, -0.1) is 11.3 Å². The molecule has 6 heteroatoms. The van der Waals surface area contributed by atoms with Crippen molar-refractivity contribution in [2.45, 2.75) is 51.1 Å². The fourth-order valence-electron chi connectivity index (χ4n) is 3.15. The lowest BCUT2D eigenvalue weighted by Crippen LogP contribution is -2.45. The second kappa shape index (κ2) is 6.69. The fraction of sp³-hybridized carbons (Fsp3) is 0.625. The minimum atomic E-state index is -0.370. The van der Waals surface area contributed by atoms with E-state index in [0.717, 1.165) is 0 Å². The van der Waals surface area contributed by atoms with Gasteiger partial charge in [-0.3, -0.25) is 4.79 Å². The Hall–Kier alpha value is -1.56. The molecule has 0 aromatic carbocycles. The largest absolute Gasteiger partial charge is 0.344 e. The highest BCUT2D eigenvalue weighted by Gasteiger charge is 2.30. The summed E-state index contributed by atoms with van der Waals surface area (Å²) in [5, 5.41) is 5.64. The molecule has 22 heavy (non-hydrogen) atoms. The molecule has 1 aromatic heterocycles. The van der Waals surface area contributed by atoms with Gasteiger partial charge >= 0.3 is 6.03 Å². The van der Waals surface area contributed by atoms with Gasteiger partial charge in [0, 0.05) is 23.3 Å². The van der Waals surface area contributed by atoms with Crippen molar-refractivity contribution in [2.24, 2.45) is 0 Å². The molecular weight excluding hydrogens is 298 g/mol. The lowest BCUT2D eigenvalue weighted by molar-refractivity contribution is -0.128. The lowest BCUT2D eigenvalue weighted by atomic mass is 10.1. The number of amides is 3. The van der Waals surface area contributed by atoms with Crippen molar-refractivity contribution in [3.8, 4) is 0 Å². The third-order valence-electron chi connectivity index (χ3n) is 4.45. The van der Waals surface area contributed by atoms with Gasteiger partial charge in [0.05, 0.1) is 6.54 Å². The van der Waals surface area contributed by atoms with Gasteiger partial charge < -0.3 is 15.5 Å². The molecular formula is C16H23N3O2S. The number of hydrogen-bond donors (Lipinski definition) is 2. The zero-order valence-electron chi connectivity index (χ0n) is 13.0. The Morgan fingerprint density at radius 3 is 2.95 bits per heavy atom. The molecule has 2 heterocycles. The number of fused-ring (bicyclic) bond motifs is 1. The summed E-state index contributed by atoms with van der Waals surface area (Å²) in [6, 6.07) is 1.61. The third-order valence-corrected chi connectivity index (χ3v) is 5.69. The summed E-state index contributed by atoms with van der Waals surface area (Å²) < 4.78 is 0. The SMILES string of the molecule is CN1CC[C@H](NC(=O)NCc2cc3c(s2)CCCCC3)C1=O. The second-order valence-corrected chi connectivity index (χ2v) is 7.37. The molecule has 1 aliphatic carbocycles. The summed E-state index contributed by atoms with van der Waals surface area (Å²) in [5.74, 6) is -0.00186. The first kappa shape index (κ1) is 15.3. The Morgan fingerprint density at radius 1 is 1.36 bits per heavy atom. The van der Waals surface area contributed by atoms with Crippen LogP contribution in [0.15, 0.2) is 6.07 Å². The van der Waals surface area contributed by atoms with Crippen LogP contribution in [0, 0.1) is 0 Å². The average molecular weight is 321 g/mol. The number of urea groups is 1. The van der Waals surface area contributed by atoms with Crippen molar-refractivity contribution >= 4 is 23.3 Å². The first-order chi connectivity index (χ1) is 10.6. The summed E-state index contributed by atoms with van der Waals surface area (Å²) in [7, 11) is 1.76. The van der Waals surface area contributed by atoms with Crippen molar-refractivity contribution in [1.82, 2.24) is 15.5 Å². The Labute approximate surface area is 135 Å². The summed E-state index contributed by atoms with van der Waals surface area (Å²) >= 11 is 1.82. The van der Waals surface area contributed by atoms with Crippen molar-refractivity contribution in [1.29, 1.82) is 0 Å². The van der Waals surface area contributed by atoms with E-state index in [4.69, 9.17) is 0 Å². The van der Waals surface area contributed by atoms with E-state index in [1.165, 1.54) is 47.4 Å². The molecule has 1 saturated heterocycles. The van der Waals surface area contributed by atoms with Crippen LogP contribution in [0.3, 0.4) is 0 Å². The van der Waals surface area contributed by atoms with E-state index in [9.17, 15) is 9.59 Å². The molecule has 5 nitrogen and oxygen atoms in total. The van der Waals surface area contributed by atoms with Gasteiger partial charge in [-0.05, 0) is 43.7 Å². The predicted octanol–water partition coefficient (Wildman–Crippen LogP) is 2.05. The fourth-order valence-corrected chi connectivity index (χ4v) is 4.35. The van der Waals surface area contributed by atoms with E-state index >= 15 is 0 Å². The highest BCUT2D eigenvalue weighted by Crippen LogP contribution is 2.28. The molecule has 0 bridgehead atoms. The van der Waals surface area contributed by atoms with E-state index in [1.807, 2.05) is 11.3 Å². The summed E-state index contributed by atoms with van der Waals surface area (Å²) in [6.45, 7) is 1.25. The number of nitrogens with zero attached hydrogens (tertiary/aromatic N) is 1. The molecule has 0 spiro atoms. The number of likely N-dealkylation sites (tertiary alicyclic amines) is 1. The number of rotatable bonds is 3. The van der Waals surface area contributed by atoms with Crippen LogP contribution >= 0.6 is 11.3 Å². The van der Waals surface area contributed by atoms with Crippen molar-refractivity contribution in [3.63, 3.8) is 0 Å². The molecule has 1 fully saturated rings. The van der Waals surface area contributed by atoms with Gasteiger partial charge in [0.2, 0.25) is 5.91 Å². The van der Waals surface area contributed by atoms with Crippen LogP contribution in [0.1, 0.15) is 41.0 Å². The normalized spacial score (nSPS) is 21.4. The van der Waals surface area contributed by atoms with Gasteiger partial charge in [-0.2, -0.15) is 0 Å². The molecule has 1 aromatic rings. The Morgan fingerprint density at radius 2 is 2.18 bits per heavy atom. The number of aryl methyl sites for hydroxylation is 2. The standard InChI is InChI=1S/C16H23N3O2S/c1-19-8-7-13(15(19)20)18-16(21)17-10-12-9-11-5-3-2-4-6-14(11)22-12/h9,13H,2-8,10H2,1H3,(H2,17,18,21)/t13-/m0/s1. The van der Waals surface area contributed by atoms with Gasteiger partial charge in [0.15, 0.2) is 0 Å². The quantitative estimate of drug-likeness (QED) is 0.837. The maximum Gasteiger partial charge on any atom is 0.315 e. The van der Waals surface area contributed by atoms with Crippen LogP contribution < -0.4 is 10.6 Å².